The number of aldehydes is 1. The third kappa shape index (κ3) is 0.814. The van der Waals surface area contributed by atoms with E-state index in [0.29, 0.717) is 6.29 Å². The van der Waals surface area contributed by atoms with Gasteiger partial charge in [-0.15, -0.1) is 0 Å². The summed E-state index contributed by atoms with van der Waals surface area (Å²) >= 11 is 0. The van der Waals surface area contributed by atoms with Crippen molar-refractivity contribution in [1.29, 1.82) is 0 Å². The van der Waals surface area contributed by atoms with Gasteiger partial charge in [-0.2, -0.15) is 0 Å². The van der Waals surface area contributed by atoms with E-state index in [2.05, 4.69) is 0 Å². The van der Waals surface area contributed by atoms with Crippen LogP contribution in [0.15, 0.2) is 12.2 Å². The summed E-state index contributed by atoms with van der Waals surface area (Å²) in [7, 11) is 0. The summed E-state index contributed by atoms with van der Waals surface area (Å²) in [6.45, 7) is 0. The lowest BCUT2D eigenvalue weighted by Gasteiger charge is -2.13. The summed E-state index contributed by atoms with van der Waals surface area (Å²) in [5.41, 5.74) is -0.937. The van der Waals surface area contributed by atoms with Crippen LogP contribution < -0.4 is 0 Å². The van der Waals surface area contributed by atoms with Crippen molar-refractivity contribution in [3.05, 3.63) is 12.2 Å². The summed E-state index contributed by atoms with van der Waals surface area (Å²) in [6, 6.07) is 0. The van der Waals surface area contributed by atoms with Crippen molar-refractivity contribution in [2.75, 3.05) is 0 Å². The maximum Gasteiger partial charge on any atom is 0.309 e. The minimum Gasteiger partial charge on any atom is -0.481 e. The van der Waals surface area contributed by atoms with E-state index in [9.17, 15) is 9.59 Å². The normalized spacial score (nSPS) is 43.3. The van der Waals surface area contributed by atoms with Gasteiger partial charge < -0.3 is 9.84 Å². The van der Waals surface area contributed by atoms with Gasteiger partial charge in [-0.05, 0) is 6.08 Å². The Kier molecular flexibility index (Phi) is 1.35. The lowest BCUT2D eigenvalue weighted by molar-refractivity contribution is -0.142. The van der Waals surface area contributed by atoms with Crippen LogP contribution in [0.5, 0.6) is 0 Å². The highest BCUT2D eigenvalue weighted by molar-refractivity contribution is 5.77. The minimum absolute atomic E-state index is 0.271. The second kappa shape index (κ2) is 2.17. The number of carboxylic acids is 1. The van der Waals surface area contributed by atoms with Crippen molar-refractivity contribution in [2.45, 2.75) is 18.1 Å². The Hall–Kier alpha value is -1.16. The zero-order valence-corrected chi connectivity index (χ0v) is 6.27. The van der Waals surface area contributed by atoms with Crippen LogP contribution in [0.3, 0.4) is 0 Å². The van der Waals surface area contributed by atoms with Crippen LogP contribution in [0.25, 0.3) is 0 Å². The molecule has 0 spiro atoms. The molecule has 3 atom stereocenters. The van der Waals surface area contributed by atoms with E-state index >= 15 is 0 Å². The Morgan fingerprint density at radius 2 is 2.50 bits per heavy atom. The van der Waals surface area contributed by atoms with Crippen LogP contribution in [0.2, 0.25) is 0 Å². The molecule has 12 heavy (non-hydrogen) atoms. The lowest BCUT2D eigenvalue weighted by atomic mass is 9.87. The Morgan fingerprint density at radius 3 is 2.92 bits per heavy atom. The molecule has 0 aromatic rings. The molecular weight excluding hydrogens is 160 g/mol. The largest absolute Gasteiger partial charge is 0.481 e. The molecule has 0 aliphatic carbocycles. The van der Waals surface area contributed by atoms with Gasteiger partial charge in [0, 0.05) is 6.42 Å². The monoisotopic (exact) mass is 168 g/mol. The van der Waals surface area contributed by atoms with E-state index in [0.717, 1.165) is 0 Å². The first-order valence-electron chi connectivity index (χ1n) is 3.73. The topological polar surface area (TPSA) is 63.6 Å². The predicted octanol–water partition coefficient (Wildman–Crippen LogP) is -0.0164. The third-order valence-corrected chi connectivity index (χ3v) is 2.38. The second-order valence-corrected chi connectivity index (χ2v) is 3.16. The van der Waals surface area contributed by atoms with Gasteiger partial charge in [0.1, 0.15) is 5.60 Å². The Bertz CT molecular complexity index is 270. The van der Waals surface area contributed by atoms with E-state index < -0.39 is 23.6 Å². The summed E-state index contributed by atoms with van der Waals surface area (Å²) in [5, 5.41) is 8.72. The zero-order chi connectivity index (χ0) is 8.77. The molecule has 2 heterocycles. The molecule has 0 aromatic carbocycles. The van der Waals surface area contributed by atoms with E-state index in [1.54, 1.807) is 12.2 Å². The van der Waals surface area contributed by atoms with E-state index in [4.69, 9.17) is 9.84 Å². The number of carbonyl (C=O) groups is 2. The van der Waals surface area contributed by atoms with Gasteiger partial charge >= 0.3 is 5.97 Å². The van der Waals surface area contributed by atoms with Crippen molar-refractivity contribution < 1.29 is 19.4 Å². The molecule has 4 heteroatoms. The van der Waals surface area contributed by atoms with Crippen molar-refractivity contribution in [1.82, 2.24) is 0 Å². The molecule has 1 fully saturated rings. The van der Waals surface area contributed by atoms with Crippen molar-refractivity contribution in [3.8, 4) is 0 Å². The molecule has 4 nitrogen and oxygen atoms in total. The Morgan fingerprint density at radius 1 is 1.75 bits per heavy atom. The van der Waals surface area contributed by atoms with Gasteiger partial charge in [0.15, 0.2) is 6.29 Å². The summed E-state index contributed by atoms with van der Waals surface area (Å²) in [5.74, 6) is -1.45. The second-order valence-electron chi connectivity index (χ2n) is 3.16. The molecular formula is C8H8O4. The highest BCUT2D eigenvalue weighted by Gasteiger charge is 2.51. The first-order valence-corrected chi connectivity index (χ1v) is 3.73. The molecule has 0 amide bonds. The average Bonchev–Trinajstić information content (AvgIpc) is 2.61. The average molecular weight is 168 g/mol. The fourth-order valence-electron chi connectivity index (χ4n) is 1.72. The molecule has 0 saturated carbocycles. The number of ether oxygens (including phenoxy) is 1. The molecule has 1 saturated heterocycles. The quantitative estimate of drug-likeness (QED) is 0.465. The first kappa shape index (κ1) is 7.49. The number of aliphatic carboxylic acids is 1. The first-order chi connectivity index (χ1) is 5.67. The van der Waals surface area contributed by atoms with Crippen molar-refractivity contribution >= 4 is 12.3 Å². The number of fused-ring (bicyclic) bond motifs is 2. The van der Waals surface area contributed by atoms with Gasteiger partial charge in [0.2, 0.25) is 0 Å². The van der Waals surface area contributed by atoms with Gasteiger partial charge in [0.05, 0.1) is 12.0 Å². The number of carbonyl (C=O) groups excluding carboxylic acids is 1. The number of hydrogen-bond acceptors (Lipinski definition) is 3. The molecule has 2 bridgehead atoms. The third-order valence-electron chi connectivity index (χ3n) is 2.38. The zero-order valence-electron chi connectivity index (χ0n) is 6.27. The SMILES string of the molecule is O=CC12C=CC(O1)C(C(=O)O)C2. The molecule has 2 rings (SSSR count). The Labute approximate surface area is 68.8 Å². The maximum atomic E-state index is 10.6. The van der Waals surface area contributed by atoms with Gasteiger partial charge in [-0.3, -0.25) is 9.59 Å². The molecule has 3 unspecified atom stereocenters. The Balaban J connectivity index is 2.26. The number of hydrogen-bond donors (Lipinski definition) is 1. The number of carboxylic acid groups (broad SMARTS) is 1. The predicted molar refractivity (Wildman–Crippen MR) is 38.6 cm³/mol. The molecule has 0 radical (unpaired) electrons. The fourth-order valence-corrected chi connectivity index (χ4v) is 1.72. The highest BCUT2D eigenvalue weighted by Crippen LogP contribution is 2.40. The summed E-state index contributed by atoms with van der Waals surface area (Å²) in [4.78, 5) is 21.2. The van der Waals surface area contributed by atoms with Crippen LogP contribution in [-0.2, 0) is 14.3 Å². The molecule has 0 aromatic heterocycles. The molecule has 2 aliphatic heterocycles. The van der Waals surface area contributed by atoms with E-state index in [-0.39, 0.29) is 6.42 Å². The summed E-state index contributed by atoms with van der Waals surface area (Å²) in [6.07, 6.45) is 3.83. The van der Waals surface area contributed by atoms with Crippen LogP contribution in [0, 0.1) is 5.92 Å². The fraction of sp³-hybridized carbons (Fsp3) is 0.500. The van der Waals surface area contributed by atoms with E-state index in [1.165, 1.54) is 0 Å². The standard InChI is InChI=1S/C8H8O4/c9-4-8-2-1-6(12-8)5(3-8)7(10)11/h1-2,4-6H,3H2,(H,10,11). The van der Waals surface area contributed by atoms with E-state index in [1.807, 2.05) is 0 Å². The van der Waals surface area contributed by atoms with Crippen LogP contribution >= 0.6 is 0 Å². The van der Waals surface area contributed by atoms with Crippen LogP contribution in [0.1, 0.15) is 6.42 Å². The van der Waals surface area contributed by atoms with Crippen LogP contribution in [-0.4, -0.2) is 29.1 Å². The summed E-state index contributed by atoms with van der Waals surface area (Å²) < 4.78 is 5.22. The molecule has 1 N–H and O–H groups in total. The maximum absolute atomic E-state index is 10.6. The van der Waals surface area contributed by atoms with Crippen molar-refractivity contribution in [2.24, 2.45) is 5.92 Å². The lowest BCUT2D eigenvalue weighted by Crippen LogP contribution is -2.27. The smallest absolute Gasteiger partial charge is 0.309 e. The van der Waals surface area contributed by atoms with Gasteiger partial charge in [-0.25, -0.2) is 0 Å². The number of rotatable bonds is 2. The van der Waals surface area contributed by atoms with Crippen LogP contribution in [0.4, 0.5) is 0 Å². The molecule has 2 aliphatic rings. The molecule has 64 valence electrons. The van der Waals surface area contributed by atoms with Gasteiger partial charge in [0.25, 0.3) is 0 Å². The minimum atomic E-state index is -0.937. The highest BCUT2D eigenvalue weighted by atomic mass is 16.5. The van der Waals surface area contributed by atoms with Gasteiger partial charge in [-0.1, -0.05) is 6.08 Å². The van der Waals surface area contributed by atoms with Crippen molar-refractivity contribution in [3.63, 3.8) is 0 Å².